The lowest BCUT2D eigenvalue weighted by molar-refractivity contribution is -0.0648. The Hall–Kier alpha value is -7.16. The van der Waals surface area contributed by atoms with Crippen LogP contribution >= 0.6 is 0 Å². The van der Waals surface area contributed by atoms with Gasteiger partial charge in [0.2, 0.25) is 0 Å². The molecule has 5 aromatic rings. The number of hydrogen-bond donors (Lipinski definition) is 2. The van der Waals surface area contributed by atoms with Crippen LogP contribution in [-0.2, 0) is 47.9 Å². The minimum absolute atomic E-state index is 0.0776. The second-order valence-corrected chi connectivity index (χ2v) is 24.3. The number of carbonyl (C=O) groups excluding carboxylic acids is 4. The Morgan fingerprint density at radius 1 is 0.402 bits per heavy atom. The molecule has 0 aliphatic rings. The number of aromatic carboxylic acids is 2. The Bertz CT molecular complexity index is 2680. The fraction of sp³-hybridized carbons (Fsp3) is 0.507. The van der Waals surface area contributed by atoms with Crippen molar-refractivity contribution in [3.8, 4) is 0 Å². The molecule has 14 nitrogen and oxygen atoms in total. The van der Waals surface area contributed by atoms with E-state index in [0.717, 1.165) is 54.2 Å². The number of carboxylic acid groups (broad SMARTS) is 2. The smallest absolute Gasteiger partial charge is 0.339 e. The van der Waals surface area contributed by atoms with E-state index >= 15 is 0 Å². The van der Waals surface area contributed by atoms with Crippen LogP contribution < -0.4 is 0 Å². The summed E-state index contributed by atoms with van der Waals surface area (Å²) in [6.45, 7) is 24.1. The molecular weight excluding hydrogens is 1100 g/mol. The van der Waals surface area contributed by atoms with Crippen LogP contribution in [-0.4, -0.2) is 91.8 Å². The second kappa shape index (κ2) is 41.8. The van der Waals surface area contributed by atoms with Gasteiger partial charge in [-0.3, -0.25) is 0 Å². The van der Waals surface area contributed by atoms with Gasteiger partial charge in [0.25, 0.3) is 0 Å². The third-order valence-electron chi connectivity index (χ3n) is 14.3. The van der Waals surface area contributed by atoms with Gasteiger partial charge >= 0.3 is 35.8 Å². The van der Waals surface area contributed by atoms with Crippen LogP contribution in [0, 0.1) is 29.1 Å². The first kappa shape index (κ1) is 74.1. The van der Waals surface area contributed by atoms with Crippen molar-refractivity contribution in [1.82, 2.24) is 0 Å². The number of benzene rings is 5. The van der Waals surface area contributed by atoms with Crippen molar-refractivity contribution in [2.45, 2.75) is 172 Å². The molecule has 5 rings (SSSR count). The van der Waals surface area contributed by atoms with Gasteiger partial charge in [0.15, 0.2) is 0 Å². The molecule has 87 heavy (non-hydrogen) atoms. The van der Waals surface area contributed by atoms with E-state index in [1.54, 1.807) is 97.1 Å². The summed E-state index contributed by atoms with van der Waals surface area (Å²) in [6.07, 6.45) is 14.4. The summed E-state index contributed by atoms with van der Waals surface area (Å²) in [4.78, 5) is 73.0. The van der Waals surface area contributed by atoms with Crippen molar-refractivity contribution in [1.29, 1.82) is 0 Å². The summed E-state index contributed by atoms with van der Waals surface area (Å²) in [6, 6.07) is 36.5. The van der Waals surface area contributed by atoms with E-state index in [-0.39, 0.29) is 46.3 Å². The van der Waals surface area contributed by atoms with Gasteiger partial charge in [0.1, 0.15) is 12.7 Å². The fourth-order valence-corrected chi connectivity index (χ4v) is 9.71. The summed E-state index contributed by atoms with van der Waals surface area (Å²) in [7, 11) is 0. The standard InChI is InChI=1S/C28H46O4.C27H36O5.C18H18O5/c1-23(2)17-11-7-5-9-15-21-31-27(29)25-19-13-14-20-26(25)28(30)32-22-16-10-6-8-12-18-24(3)4;1-19(2)16-30-18-27(5,6)24(20(3)4)32-26(29)23-15-11-10-14-22(23)25(28)31-17-21-12-8-7-9-13-21;19-17(20)15-7-3-1-5-13(15)9-11-23-12-10-14-6-2-4-8-16(14)18(21)22/h13-14,19-20,23-24H,5-12,15-18,21-22H2,1-4H3;7-15,19-20,24H,16-18H2,1-6H3;1-8H,9-12H2,(H,19,20)(H,21,22). The normalized spacial score (nSPS) is 11.5. The minimum atomic E-state index is -0.948. The highest BCUT2D eigenvalue weighted by molar-refractivity contribution is 6.04. The number of esters is 4. The third-order valence-corrected chi connectivity index (χ3v) is 14.3. The van der Waals surface area contributed by atoms with E-state index in [0.29, 0.717) is 69.5 Å². The monoisotopic (exact) mass is 1200 g/mol. The molecule has 14 heteroatoms. The first-order chi connectivity index (χ1) is 41.6. The van der Waals surface area contributed by atoms with Crippen molar-refractivity contribution in [2.75, 3.05) is 39.6 Å². The largest absolute Gasteiger partial charge is 0.478 e. The lowest BCUT2D eigenvalue weighted by atomic mass is 9.81. The molecule has 0 spiro atoms. The molecule has 0 heterocycles. The van der Waals surface area contributed by atoms with E-state index in [1.165, 1.54) is 51.4 Å². The Balaban J connectivity index is 0.000000346. The molecule has 0 amide bonds. The van der Waals surface area contributed by atoms with E-state index in [9.17, 15) is 28.8 Å². The highest BCUT2D eigenvalue weighted by Crippen LogP contribution is 2.31. The molecule has 476 valence electrons. The molecule has 1 unspecified atom stereocenters. The Kier molecular flexibility index (Phi) is 35.6. The SMILES string of the molecule is CC(C)CCCCCCCOC(=O)c1ccccc1C(=O)OCCCCCCCC(C)C.CC(C)COCC(C)(C)C(OC(=O)c1ccccc1C(=O)OCc1ccccc1)C(C)C.O=C(O)c1ccccc1CCOCCc1ccccc1C(=O)O. The average Bonchev–Trinajstić information content (AvgIpc) is 3.27. The summed E-state index contributed by atoms with van der Waals surface area (Å²) in [5.74, 6) is -1.83. The quantitative estimate of drug-likeness (QED) is 0.0216. The number of carbonyl (C=O) groups is 6. The summed E-state index contributed by atoms with van der Waals surface area (Å²) in [5.41, 5.74) is 3.51. The van der Waals surface area contributed by atoms with Gasteiger partial charge in [0, 0.05) is 12.0 Å². The molecule has 0 aromatic heterocycles. The van der Waals surface area contributed by atoms with Crippen LogP contribution in [0.4, 0.5) is 0 Å². The maximum Gasteiger partial charge on any atom is 0.339 e. The van der Waals surface area contributed by atoms with Gasteiger partial charge in [-0.2, -0.15) is 0 Å². The molecule has 2 N–H and O–H groups in total. The number of rotatable bonds is 37. The van der Waals surface area contributed by atoms with Gasteiger partial charge in [-0.25, -0.2) is 28.8 Å². The number of ether oxygens (including phenoxy) is 6. The number of carboxylic acids is 2. The van der Waals surface area contributed by atoms with E-state index in [4.69, 9.17) is 38.6 Å². The summed E-state index contributed by atoms with van der Waals surface area (Å²) < 4.78 is 33.6. The number of unbranched alkanes of at least 4 members (excludes halogenated alkanes) is 8. The van der Waals surface area contributed by atoms with Crippen LogP contribution in [0.1, 0.15) is 225 Å². The fourth-order valence-electron chi connectivity index (χ4n) is 9.71. The molecule has 0 radical (unpaired) electrons. The van der Waals surface area contributed by atoms with Crippen LogP contribution in [0.5, 0.6) is 0 Å². The van der Waals surface area contributed by atoms with Crippen LogP contribution in [0.2, 0.25) is 0 Å². The number of hydrogen-bond acceptors (Lipinski definition) is 12. The Morgan fingerprint density at radius 3 is 1.17 bits per heavy atom. The molecule has 0 fully saturated rings. The van der Waals surface area contributed by atoms with Crippen LogP contribution in [0.25, 0.3) is 0 Å². The van der Waals surface area contributed by atoms with Gasteiger partial charge in [0.05, 0.1) is 66.4 Å². The van der Waals surface area contributed by atoms with Crippen LogP contribution in [0.3, 0.4) is 0 Å². The van der Waals surface area contributed by atoms with Crippen molar-refractivity contribution in [3.63, 3.8) is 0 Å². The first-order valence-corrected chi connectivity index (χ1v) is 31.3. The predicted octanol–water partition coefficient (Wildman–Crippen LogP) is 16.8. The topological polar surface area (TPSA) is 198 Å². The van der Waals surface area contributed by atoms with Crippen molar-refractivity contribution in [3.05, 3.63) is 177 Å². The zero-order valence-corrected chi connectivity index (χ0v) is 53.7. The third kappa shape index (κ3) is 29.9. The van der Waals surface area contributed by atoms with Crippen molar-refractivity contribution < 1.29 is 67.4 Å². The zero-order chi connectivity index (χ0) is 64.0. The second-order valence-electron chi connectivity index (χ2n) is 24.3. The highest BCUT2D eigenvalue weighted by Gasteiger charge is 2.37. The van der Waals surface area contributed by atoms with Gasteiger partial charge in [-0.15, -0.1) is 0 Å². The lowest BCUT2D eigenvalue weighted by Gasteiger charge is -2.36. The molecule has 0 aliphatic heterocycles. The Labute approximate surface area is 519 Å². The van der Waals surface area contributed by atoms with Crippen LogP contribution in [0.15, 0.2) is 127 Å². The van der Waals surface area contributed by atoms with Gasteiger partial charge in [-0.1, -0.05) is 224 Å². The molecule has 0 aliphatic carbocycles. The maximum atomic E-state index is 13.1. The minimum Gasteiger partial charge on any atom is -0.478 e. The molecule has 0 saturated heterocycles. The molecule has 0 saturated carbocycles. The average molecular weight is 1200 g/mol. The van der Waals surface area contributed by atoms with Crippen molar-refractivity contribution in [2.24, 2.45) is 29.1 Å². The van der Waals surface area contributed by atoms with E-state index in [2.05, 4.69) is 41.5 Å². The molecule has 1 atom stereocenters. The lowest BCUT2D eigenvalue weighted by Crippen LogP contribution is -2.41. The van der Waals surface area contributed by atoms with E-state index in [1.807, 2.05) is 58.0 Å². The first-order valence-electron chi connectivity index (χ1n) is 31.3. The van der Waals surface area contributed by atoms with E-state index < -0.39 is 35.8 Å². The highest BCUT2D eigenvalue weighted by atomic mass is 16.6. The maximum absolute atomic E-state index is 13.1. The van der Waals surface area contributed by atoms with Crippen molar-refractivity contribution >= 4 is 35.8 Å². The van der Waals surface area contributed by atoms with Gasteiger partial charge < -0.3 is 38.6 Å². The molecule has 0 bridgehead atoms. The zero-order valence-electron chi connectivity index (χ0n) is 53.7. The van der Waals surface area contributed by atoms with Gasteiger partial charge in [-0.05, 0) is 102 Å². The summed E-state index contributed by atoms with van der Waals surface area (Å²) >= 11 is 0. The Morgan fingerprint density at radius 2 is 0.770 bits per heavy atom. The molecule has 5 aromatic carbocycles. The predicted molar refractivity (Wildman–Crippen MR) is 343 cm³/mol. The molecular formula is C73H100O14. The summed E-state index contributed by atoms with van der Waals surface area (Å²) in [5, 5.41) is 18.2.